The molecule has 0 saturated heterocycles. The topological polar surface area (TPSA) is 59.6 Å². The molecule has 7 heteroatoms. The number of anilines is 1. The number of halogens is 1. The molecule has 2 rings (SSSR count). The van der Waals surface area contributed by atoms with Crippen molar-refractivity contribution in [2.45, 2.75) is 20.4 Å². The van der Waals surface area contributed by atoms with Gasteiger partial charge in [-0.2, -0.15) is 0 Å². The molecule has 0 heterocycles. The molecule has 26 heavy (non-hydrogen) atoms. The molecule has 0 saturated carbocycles. The highest BCUT2D eigenvalue weighted by Crippen LogP contribution is 2.21. The van der Waals surface area contributed by atoms with Crippen molar-refractivity contribution in [1.29, 1.82) is 0 Å². The zero-order valence-corrected chi connectivity index (χ0v) is 16.2. The van der Waals surface area contributed by atoms with E-state index in [-0.39, 0.29) is 6.61 Å². The summed E-state index contributed by atoms with van der Waals surface area (Å²) in [6, 6.07) is 12.8. The van der Waals surface area contributed by atoms with Crippen molar-refractivity contribution in [3.8, 4) is 5.75 Å². The Bertz CT molecular complexity index is 766. The number of hydrogen-bond donors (Lipinski definition) is 2. The van der Waals surface area contributed by atoms with Crippen molar-refractivity contribution < 1.29 is 14.3 Å². The predicted octanol–water partition coefficient (Wildman–Crippen LogP) is 4.40. The van der Waals surface area contributed by atoms with Crippen LogP contribution in [0, 0.1) is 0 Å². The summed E-state index contributed by atoms with van der Waals surface area (Å²) in [4.78, 5) is 11.9. The number of thiocarbonyl (C=S) groups is 1. The standard InChI is InChI=1S/C19H21ClN2O3S/c1-3-24-15-8-5-13(6-9-15)12-21-19(26)22-14-7-10-17(20)16(11-14)18(23)25-4-2/h5-11H,3-4,12H2,1-2H3,(H2,21,22,26). The third kappa shape index (κ3) is 5.89. The van der Waals surface area contributed by atoms with Crippen LogP contribution in [0.15, 0.2) is 42.5 Å². The van der Waals surface area contributed by atoms with Crippen LogP contribution in [0.4, 0.5) is 5.69 Å². The molecule has 0 amide bonds. The molecule has 0 bridgehead atoms. The molecule has 0 atom stereocenters. The fraction of sp³-hybridized carbons (Fsp3) is 0.263. The summed E-state index contributed by atoms with van der Waals surface area (Å²) in [5.41, 5.74) is 2.02. The van der Waals surface area contributed by atoms with Crippen LogP contribution in [-0.2, 0) is 11.3 Å². The van der Waals surface area contributed by atoms with Crippen molar-refractivity contribution in [3.63, 3.8) is 0 Å². The van der Waals surface area contributed by atoms with Crippen LogP contribution < -0.4 is 15.4 Å². The third-order valence-corrected chi connectivity index (χ3v) is 3.98. The summed E-state index contributed by atoms with van der Waals surface area (Å²) in [5, 5.41) is 6.93. The van der Waals surface area contributed by atoms with Crippen molar-refractivity contribution in [2.24, 2.45) is 0 Å². The fourth-order valence-corrected chi connectivity index (χ4v) is 2.58. The molecule has 2 aromatic carbocycles. The van der Waals surface area contributed by atoms with Crippen LogP contribution >= 0.6 is 23.8 Å². The van der Waals surface area contributed by atoms with E-state index in [1.54, 1.807) is 25.1 Å². The van der Waals surface area contributed by atoms with E-state index in [4.69, 9.17) is 33.3 Å². The van der Waals surface area contributed by atoms with Gasteiger partial charge in [-0.3, -0.25) is 0 Å². The van der Waals surface area contributed by atoms with E-state index >= 15 is 0 Å². The van der Waals surface area contributed by atoms with Crippen LogP contribution in [0.25, 0.3) is 0 Å². The highest BCUT2D eigenvalue weighted by atomic mass is 35.5. The Kier molecular flexibility index (Phi) is 7.69. The van der Waals surface area contributed by atoms with Gasteiger partial charge in [-0.1, -0.05) is 23.7 Å². The molecule has 0 unspecified atom stereocenters. The average molecular weight is 393 g/mol. The maximum Gasteiger partial charge on any atom is 0.339 e. The van der Waals surface area contributed by atoms with E-state index in [1.165, 1.54) is 0 Å². The Morgan fingerprint density at radius 2 is 1.85 bits per heavy atom. The molecular formula is C19H21ClN2O3S. The van der Waals surface area contributed by atoms with Gasteiger partial charge in [0, 0.05) is 12.2 Å². The van der Waals surface area contributed by atoms with Crippen LogP contribution in [0.1, 0.15) is 29.8 Å². The van der Waals surface area contributed by atoms with Gasteiger partial charge in [0.05, 0.1) is 23.8 Å². The first-order valence-corrected chi connectivity index (χ1v) is 9.05. The molecule has 0 spiro atoms. The SMILES string of the molecule is CCOC(=O)c1cc(NC(=S)NCc2ccc(OCC)cc2)ccc1Cl. The third-order valence-electron chi connectivity index (χ3n) is 3.41. The van der Waals surface area contributed by atoms with Gasteiger partial charge in [0.2, 0.25) is 0 Å². The van der Waals surface area contributed by atoms with E-state index in [9.17, 15) is 4.79 Å². The van der Waals surface area contributed by atoms with Gasteiger partial charge in [-0.15, -0.1) is 0 Å². The van der Waals surface area contributed by atoms with E-state index in [0.717, 1.165) is 11.3 Å². The van der Waals surface area contributed by atoms with E-state index in [0.29, 0.717) is 34.5 Å². The smallest absolute Gasteiger partial charge is 0.339 e. The van der Waals surface area contributed by atoms with Crippen LogP contribution in [0.3, 0.4) is 0 Å². The molecule has 5 nitrogen and oxygen atoms in total. The minimum absolute atomic E-state index is 0.287. The minimum Gasteiger partial charge on any atom is -0.494 e. The number of carbonyl (C=O) groups excluding carboxylic acids is 1. The second-order valence-electron chi connectivity index (χ2n) is 5.30. The molecule has 2 aromatic rings. The highest BCUT2D eigenvalue weighted by molar-refractivity contribution is 7.80. The van der Waals surface area contributed by atoms with Crippen molar-refractivity contribution in [2.75, 3.05) is 18.5 Å². The van der Waals surface area contributed by atoms with Crippen LogP contribution in [0.5, 0.6) is 5.75 Å². The molecule has 0 aromatic heterocycles. The maximum atomic E-state index is 11.9. The Morgan fingerprint density at radius 3 is 2.50 bits per heavy atom. The summed E-state index contributed by atoms with van der Waals surface area (Å²) in [6.45, 7) is 5.18. The Balaban J connectivity index is 1.93. The van der Waals surface area contributed by atoms with Gasteiger partial charge in [0.15, 0.2) is 5.11 Å². The number of esters is 1. The molecule has 138 valence electrons. The van der Waals surface area contributed by atoms with Crippen molar-refractivity contribution in [3.05, 3.63) is 58.6 Å². The molecule has 0 fully saturated rings. The first-order chi connectivity index (χ1) is 12.5. The molecule has 2 N–H and O–H groups in total. The summed E-state index contributed by atoms with van der Waals surface area (Å²) >= 11 is 11.4. The summed E-state index contributed by atoms with van der Waals surface area (Å²) in [7, 11) is 0. The summed E-state index contributed by atoms with van der Waals surface area (Å²) in [5.74, 6) is 0.374. The van der Waals surface area contributed by atoms with Crippen LogP contribution in [0.2, 0.25) is 5.02 Å². The lowest BCUT2D eigenvalue weighted by molar-refractivity contribution is 0.0526. The summed E-state index contributed by atoms with van der Waals surface area (Å²) < 4.78 is 10.4. The second kappa shape index (κ2) is 9.99. The van der Waals surface area contributed by atoms with E-state index in [1.807, 2.05) is 31.2 Å². The minimum atomic E-state index is -0.464. The lowest BCUT2D eigenvalue weighted by Crippen LogP contribution is -2.28. The second-order valence-corrected chi connectivity index (χ2v) is 6.12. The number of hydrogen-bond acceptors (Lipinski definition) is 4. The van der Waals surface area contributed by atoms with E-state index in [2.05, 4.69) is 10.6 Å². The molecule has 0 aliphatic carbocycles. The van der Waals surface area contributed by atoms with Crippen LogP contribution in [-0.4, -0.2) is 24.3 Å². The normalized spacial score (nSPS) is 10.1. The Morgan fingerprint density at radius 1 is 1.12 bits per heavy atom. The molecule has 0 aliphatic rings. The monoisotopic (exact) mass is 392 g/mol. The Labute approximate surface area is 163 Å². The van der Waals surface area contributed by atoms with Gasteiger partial charge >= 0.3 is 5.97 Å². The van der Waals surface area contributed by atoms with E-state index < -0.39 is 5.97 Å². The number of carbonyl (C=O) groups is 1. The highest BCUT2D eigenvalue weighted by Gasteiger charge is 2.12. The molecule has 0 radical (unpaired) electrons. The number of nitrogens with one attached hydrogen (secondary N) is 2. The lowest BCUT2D eigenvalue weighted by atomic mass is 10.2. The van der Waals surface area contributed by atoms with Gasteiger partial charge in [-0.25, -0.2) is 4.79 Å². The average Bonchev–Trinajstić information content (AvgIpc) is 2.63. The maximum absolute atomic E-state index is 11.9. The fourth-order valence-electron chi connectivity index (χ4n) is 2.20. The van der Waals surface area contributed by atoms with Gasteiger partial charge in [0.25, 0.3) is 0 Å². The van der Waals surface area contributed by atoms with Crippen molar-refractivity contribution >= 4 is 40.6 Å². The molecule has 0 aliphatic heterocycles. The summed E-state index contributed by atoms with van der Waals surface area (Å²) in [6.07, 6.45) is 0. The number of rotatable bonds is 7. The predicted molar refractivity (Wildman–Crippen MR) is 108 cm³/mol. The van der Waals surface area contributed by atoms with Gasteiger partial charge in [-0.05, 0) is 62.0 Å². The lowest BCUT2D eigenvalue weighted by Gasteiger charge is -2.12. The zero-order chi connectivity index (χ0) is 18.9. The zero-order valence-electron chi connectivity index (χ0n) is 14.7. The Hall–Kier alpha value is -2.31. The van der Waals surface area contributed by atoms with Gasteiger partial charge < -0.3 is 20.1 Å². The first kappa shape index (κ1) is 20.0. The largest absolute Gasteiger partial charge is 0.494 e. The number of ether oxygens (including phenoxy) is 2. The first-order valence-electron chi connectivity index (χ1n) is 8.26. The quantitative estimate of drug-likeness (QED) is 0.538. The van der Waals surface area contributed by atoms with Crippen molar-refractivity contribution in [1.82, 2.24) is 5.32 Å². The molecular weight excluding hydrogens is 372 g/mol. The number of benzene rings is 2. The van der Waals surface area contributed by atoms with Gasteiger partial charge in [0.1, 0.15) is 5.75 Å².